The second-order valence-corrected chi connectivity index (χ2v) is 7.44. The molecule has 2 aromatic carbocycles. The Hall–Kier alpha value is -1.80. The number of carbonyl (C=O) groups is 1. The predicted molar refractivity (Wildman–Crippen MR) is 98.0 cm³/mol. The van der Waals surface area contributed by atoms with Crippen molar-refractivity contribution >= 4 is 39.4 Å². The van der Waals surface area contributed by atoms with E-state index in [1.165, 1.54) is 0 Å². The van der Waals surface area contributed by atoms with Crippen molar-refractivity contribution in [2.24, 2.45) is 0 Å². The fraction of sp³-hybridized carbons (Fsp3) is 0.235. The van der Waals surface area contributed by atoms with Gasteiger partial charge in [0.25, 0.3) is 0 Å². The van der Waals surface area contributed by atoms with E-state index in [1.807, 2.05) is 18.2 Å². The largest absolute Gasteiger partial charge is 0.496 e. The first kappa shape index (κ1) is 18.0. The summed E-state index contributed by atoms with van der Waals surface area (Å²) in [6, 6.07) is 8.17. The number of amides is 2. The Kier molecular flexibility index (Phi) is 5.48. The van der Waals surface area contributed by atoms with Gasteiger partial charge < -0.3 is 15.0 Å². The molecule has 1 aliphatic rings. The van der Waals surface area contributed by atoms with Gasteiger partial charge in [-0.15, -0.1) is 11.8 Å². The zero-order chi connectivity index (χ0) is 18.0. The normalized spacial score (nSPS) is 16.8. The first-order valence-corrected chi connectivity index (χ1v) is 9.31. The van der Waals surface area contributed by atoms with Gasteiger partial charge in [-0.25, -0.2) is 13.6 Å². The van der Waals surface area contributed by atoms with Crippen LogP contribution in [0.4, 0.5) is 19.3 Å². The number of carbonyl (C=O) groups excluding carboxylic acids is 1. The average molecular weight is 429 g/mol. The van der Waals surface area contributed by atoms with Gasteiger partial charge in [-0.1, -0.05) is 6.07 Å². The third-order valence-electron chi connectivity index (χ3n) is 3.73. The molecule has 2 amide bonds. The standard InChI is InChI=1S/C17H15BrF2N2O2S/c1-24-15-3-2-10(6-14(15)18)16-22(4-5-25-16)17(23)21-13-8-11(19)7-12(20)9-13/h2-3,6-9,16H,4-5H2,1H3,(H,21,23). The van der Waals surface area contributed by atoms with Gasteiger partial charge in [0.15, 0.2) is 0 Å². The number of rotatable bonds is 3. The van der Waals surface area contributed by atoms with Crippen molar-refractivity contribution in [3.8, 4) is 5.75 Å². The van der Waals surface area contributed by atoms with Crippen LogP contribution in [0.15, 0.2) is 40.9 Å². The Balaban J connectivity index is 1.78. The number of anilines is 1. The molecule has 1 heterocycles. The van der Waals surface area contributed by atoms with Gasteiger partial charge in [-0.3, -0.25) is 0 Å². The number of thioether (sulfide) groups is 1. The van der Waals surface area contributed by atoms with Crippen LogP contribution in [0, 0.1) is 11.6 Å². The number of hydrogen-bond donors (Lipinski definition) is 1. The summed E-state index contributed by atoms with van der Waals surface area (Å²) in [5.74, 6) is 0.0145. The van der Waals surface area contributed by atoms with E-state index in [9.17, 15) is 13.6 Å². The van der Waals surface area contributed by atoms with E-state index in [4.69, 9.17) is 4.74 Å². The van der Waals surface area contributed by atoms with Gasteiger partial charge >= 0.3 is 6.03 Å². The number of benzene rings is 2. The molecule has 4 nitrogen and oxygen atoms in total. The van der Waals surface area contributed by atoms with Crippen molar-refractivity contribution in [3.63, 3.8) is 0 Å². The summed E-state index contributed by atoms with van der Waals surface area (Å²) < 4.78 is 32.6. The topological polar surface area (TPSA) is 41.6 Å². The Morgan fingerprint density at radius 2 is 2.00 bits per heavy atom. The molecule has 1 atom stereocenters. The summed E-state index contributed by atoms with van der Waals surface area (Å²) in [5, 5.41) is 2.38. The number of urea groups is 1. The quantitative estimate of drug-likeness (QED) is 0.746. The van der Waals surface area contributed by atoms with Crippen LogP contribution in [0.3, 0.4) is 0 Å². The molecule has 0 bridgehead atoms. The lowest BCUT2D eigenvalue weighted by molar-refractivity contribution is 0.214. The Labute approximate surface area is 156 Å². The lowest BCUT2D eigenvalue weighted by Gasteiger charge is -2.25. The van der Waals surface area contributed by atoms with Crippen LogP contribution in [0.25, 0.3) is 0 Å². The molecule has 25 heavy (non-hydrogen) atoms. The van der Waals surface area contributed by atoms with Crippen LogP contribution in [-0.2, 0) is 0 Å². The highest BCUT2D eigenvalue weighted by Gasteiger charge is 2.31. The molecule has 0 aliphatic carbocycles. The summed E-state index contributed by atoms with van der Waals surface area (Å²) in [4.78, 5) is 14.2. The number of methoxy groups -OCH3 is 1. The minimum Gasteiger partial charge on any atom is -0.496 e. The molecule has 8 heteroatoms. The lowest BCUT2D eigenvalue weighted by atomic mass is 10.2. The maximum atomic E-state index is 13.3. The molecule has 0 radical (unpaired) electrons. The van der Waals surface area contributed by atoms with Gasteiger partial charge in [0.1, 0.15) is 22.8 Å². The molecule has 1 unspecified atom stereocenters. The van der Waals surface area contributed by atoms with Gasteiger partial charge in [-0.05, 0) is 45.8 Å². The monoisotopic (exact) mass is 428 g/mol. The number of nitrogens with one attached hydrogen (secondary N) is 1. The zero-order valence-electron chi connectivity index (χ0n) is 13.3. The van der Waals surface area contributed by atoms with Gasteiger partial charge in [0.2, 0.25) is 0 Å². The molecule has 1 saturated heterocycles. The maximum absolute atomic E-state index is 13.3. The van der Waals surface area contributed by atoms with Crippen molar-refractivity contribution in [1.82, 2.24) is 4.90 Å². The molecule has 0 aromatic heterocycles. The van der Waals surface area contributed by atoms with Crippen LogP contribution >= 0.6 is 27.7 Å². The third-order valence-corrected chi connectivity index (χ3v) is 5.61. The van der Waals surface area contributed by atoms with Crippen molar-refractivity contribution in [1.29, 1.82) is 0 Å². The Morgan fingerprint density at radius 1 is 1.28 bits per heavy atom. The van der Waals surface area contributed by atoms with Crippen LogP contribution in [0.1, 0.15) is 10.9 Å². The molecule has 1 N–H and O–H groups in total. The van der Waals surface area contributed by atoms with Crippen molar-refractivity contribution in [2.75, 3.05) is 24.7 Å². The molecule has 3 rings (SSSR count). The highest BCUT2D eigenvalue weighted by molar-refractivity contribution is 9.10. The lowest BCUT2D eigenvalue weighted by Crippen LogP contribution is -2.34. The summed E-state index contributed by atoms with van der Waals surface area (Å²) >= 11 is 5.07. The second kappa shape index (κ2) is 7.61. The van der Waals surface area contributed by atoms with Crippen LogP contribution in [0.2, 0.25) is 0 Å². The Morgan fingerprint density at radius 3 is 2.64 bits per heavy atom. The molecular formula is C17H15BrF2N2O2S. The highest BCUT2D eigenvalue weighted by atomic mass is 79.9. The summed E-state index contributed by atoms with van der Waals surface area (Å²) in [7, 11) is 1.59. The second-order valence-electron chi connectivity index (χ2n) is 5.40. The van der Waals surface area contributed by atoms with Gasteiger partial charge in [0, 0.05) is 24.1 Å². The number of nitrogens with zero attached hydrogens (tertiary/aromatic N) is 1. The smallest absolute Gasteiger partial charge is 0.323 e. The van der Waals surface area contributed by atoms with Crippen molar-refractivity contribution < 1.29 is 18.3 Å². The van der Waals surface area contributed by atoms with Crippen molar-refractivity contribution in [2.45, 2.75) is 5.37 Å². The average Bonchev–Trinajstić information content (AvgIpc) is 3.03. The van der Waals surface area contributed by atoms with Crippen LogP contribution in [0.5, 0.6) is 5.75 Å². The first-order valence-electron chi connectivity index (χ1n) is 7.46. The number of hydrogen-bond acceptors (Lipinski definition) is 3. The number of halogens is 3. The number of ether oxygens (including phenoxy) is 1. The minimum atomic E-state index is -0.735. The SMILES string of the molecule is COc1ccc(C2SCCN2C(=O)Nc2cc(F)cc(F)c2)cc1Br. The van der Waals surface area contributed by atoms with Crippen molar-refractivity contribution in [3.05, 3.63) is 58.1 Å². The van der Waals surface area contributed by atoms with E-state index in [2.05, 4.69) is 21.2 Å². The summed E-state index contributed by atoms with van der Waals surface area (Å²) in [5.41, 5.74) is 1.03. The predicted octanol–water partition coefficient (Wildman–Crippen LogP) is 5.02. The molecule has 132 valence electrons. The fourth-order valence-corrected chi connectivity index (χ4v) is 4.42. The molecule has 0 spiro atoms. The first-order chi connectivity index (χ1) is 12.0. The van der Waals surface area contributed by atoms with Crippen LogP contribution in [-0.4, -0.2) is 30.3 Å². The van der Waals surface area contributed by atoms with E-state index in [1.54, 1.807) is 23.8 Å². The van der Waals surface area contributed by atoms with E-state index in [-0.39, 0.29) is 11.1 Å². The molecule has 1 aliphatic heterocycles. The van der Waals surface area contributed by atoms with Crippen LogP contribution < -0.4 is 10.1 Å². The molecular weight excluding hydrogens is 414 g/mol. The summed E-state index contributed by atoms with van der Waals surface area (Å²) in [6.07, 6.45) is 0. The molecule has 0 saturated carbocycles. The third kappa shape index (κ3) is 4.07. The van der Waals surface area contributed by atoms with Gasteiger partial charge in [0.05, 0.1) is 11.6 Å². The zero-order valence-corrected chi connectivity index (χ0v) is 15.7. The van der Waals surface area contributed by atoms with Gasteiger partial charge in [-0.2, -0.15) is 0 Å². The Bertz CT molecular complexity index is 786. The van der Waals surface area contributed by atoms with E-state index >= 15 is 0 Å². The highest BCUT2D eigenvalue weighted by Crippen LogP contribution is 2.40. The van der Waals surface area contributed by atoms with E-state index in [0.717, 1.165) is 34.0 Å². The minimum absolute atomic E-state index is 0.0917. The summed E-state index contributed by atoms with van der Waals surface area (Å²) in [6.45, 7) is 0.544. The molecule has 2 aromatic rings. The maximum Gasteiger partial charge on any atom is 0.323 e. The molecule has 1 fully saturated rings. The van der Waals surface area contributed by atoms with E-state index < -0.39 is 17.7 Å². The fourth-order valence-electron chi connectivity index (χ4n) is 2.61. The van der Waals surface area contributed by atoms with E-state index in [0.29, 0.717) is 12.3 Å².